The number of phenols is 1. The van der Waals surface area contributed by atoms with E-state index < -0.39 is 11.9 Å². The Morgan fingerprint density at radius 3 is 2.50 bits per heavy atom. The number of carbonyl (C=O) groups excluding carboxylic acids is 2. The zero-order valence-electron chi connectivity index (χ0n) is 12.2. The maximum Gasteiger partial charge on any atom is 0.317 e. The van der Waals surface area contributed by atoms with Gasteiger partial charge in [0.2, 0.25) is 0 Å². The molecular weight excluding hydrogens is 280 g/mol. The predicted molar refractivity (Wildman–Crippen MR) is 80.8 cm³/mol. The highest BCUT2D eigenvalue weighted by Gasteiger charge is 2.45. The van der Waals surface area contributed by atoms with Crippen LogP contribution in [0.5, 0.6) is 5.75 Å². The number of carbonyl (C=O) groups is 2. The third-order valence-corrected chi connectivity index (χ3v) is 3.97. The minimum atomic E-state index is -0.859. The molecule has 2 aromatic carbocycles. The van der Waals surface area contributed by atoms with Crippen LogP contribution in [0.15, 0.2) is 48.5 Å². The van der Waals surface area contributed by atoms with Crippen molar-refractivity contribution < 1.29 is 19.4 Å². The number of ether oxygens (including phenoxy) is 1. The van der Waals surface area contributed by atoms with E-state index >= 15 is 0 Å². The molecule has 0 aliphatic heterocycles. The molecule has 2 atom stereocenters. The molecule has 22 heavy (non-hydrogen) atoms. The average molecular weight is 296 g/mol. The largest absolute Gasteiger partial charge is 0.508 e. The normalized spacial score (nSPS) is 19.8. The fourth-order valence-electron chi connectivity index (χ4n) is 3.02. The molecule has 0 radical (unpaired) electrons. The quantitative estimate of drug-likeness (QED) is 0.698. The lowest BCUT2D eigenvalue weighted by atomic mass is 9.85. The van der Waals surface area contributed by atoms with Gasteiger partial charge in [-0.1, -0.05) is 36.4 Å². The summed E-state index contributed by atoms with van der Waals surface area (Å²) in [7, 11) is 0. The van der Waals surface area contributed by atoms with Gasteiger partial charge in [0.25, 0.3) is 0 Å². The van der Waals surface area contributed by atoms with E-state index in [1.807, 2.05) is 12.1 Å². The summed E-state index contributed by atoms with van der Waals surface area (Å²) in [5, 5.41) is 9.45. The molecule has 0 aromatic heterocycles. The number of fused-ring (bicyclic) bond motifs is 1. The summed E-state index contributed by atoms with van der Waals surface area (Å²) in [6.07, 6.45) is 0. The Bertz CT molecular complexity index is 718. The first-order chi connectivity index (χ1) is 10.6. The highest BCUT2D eigenvalue weighted by atomic mass is 16.5. The molecule has 1 aliphatic rings. The summed E-state index contributed by atoms with van der Waals surface area (Å²) in [5.74, 6) is -1.78. The van der Waals surface area contributed by atoms with Crippen LogP contribution in [0.25, 0.3) is 0 Å². The molecule has 1 N–H and O–H groups in total. The molecule has 2 unspecified atom stereocenters. The second kappa shape index (κ2) is 5.64. The number of phenolic OH excluding ortho intramolecular Hbond substituents is 1. The summed E-state index contributed by atoms with van der Waals surface area (Å²) >= 11 is 0. The first-order valence-electron chi connectivity index (χ1n) is 7.22. The number of aromatic hydroxyl groups is 1. The molecule has 0 saturated carbocycles. The molecule has 0 fully saturated rings. The summed E-state index contributed by atoms with van der Waals surface area (Å²) in [6.45, 7) is 1.96. The minimum Gasteiger partial charge on any atom is -0.508 e. The van der Waals surface area contributed by atoms with Crippen LogP contribution in [0, 0.1) is 5.92 Å². The van der Waals surface area contributed by atoms with Gasteiger partial charge in [-0.2, -0.15) is 0 Å². The van der Waals surface area contributed by atoms with Crippen LogP contribution < -0.4 is 0 Å². The van der Waals surface area contributed by atoms with E-state index in [1.54, 1.807) is 43.3 Å². The maximum absolute atomic E-state index is 12.6. The van der Waals surface area contributed by atoms with Gasteiger partial charge < -0.3 is 9.84 Å². The van der Waals surface area contributed by atoms with E-state index in [-0.39, 0.29) is 24.1 Å². The van der Waals surface area contributed by atoms with Crippen LogP contribution in [0.2, 0.25) is 0 Å². The van der Waals surface area contributed by atoms with Crippen molar-refractivity contribution in [2.45, 2.75) is 12.8 Å². The number of Topliss-reactive ketones (excluding diaryl/α,β-unsaturated/α-hetero) is 1. The summed E-state index contributed by atoms with van der Waals surface area (Å²) < 4.78 is 5.09. The smallest absolute Gasteiger partial charge is 0.317 e. The van der Waals surface area contributed by atoms with E-state index in [9.17, 15) is 14.7 Å². The molecule has 112 valence electrons. The number of benzene rings is 2. The van der Waals surface area contributed by atoms with E-state index in [2.05, 4.69) is 0 Å². The minimum absolute atomic E-state index is 0.147. The summed E-state index contributed by atoms with van der Waals surface area (Å²) in [5.41, 5.74) is 2.21. The topological polar surface area (TPSA) is 63.6 Å². The van der Waals surface area contributed by atoms with Crippen molar-refractivity contribution in [3.63, 3.8) is 0 Å². The van der Waals surface area contributed by atoms with E-state index in [1.165, 1.54) is 0 Å². The van der Waals surface area contributed by atoms with Crippen molar-refractivity contribution in [2.75, 3.05) is 6.61 Å². The average Bonchev–Trinajstić information content (AvgIpc) is 2.82. The van der Waals surface area contributed by atoms with Gasteiger partial charge in [-0.05, 0) is 30.2 Å². The molecule has 0 heterocycles. The van der Waals surface area contributed by atoms with Crippen LogP contribution in [0.4, 0.5) is 0 Å². The van der Waals surface area contributed by atoms with E-state index in [4.69, 9.17) is 4.74 Å². The van der Waals surface area contributed by atoms with Gasteiger partial charge in [0.1, 0.15) is 11.7 Å². The van der Waals surface area contributed by atoms with Crippen LogP contribution in [-0.4, -0.2) is 23.5 Å². The second-order valence-electron chi connectivity index (χ2n) is 5.25. The van der Waals surface area contributed by atoms with Crippen molar-refractivity contribution in [3.05, 3.63) is 65.2 Å². The fraction of sp³-hybridized carbons (Fsp3) is 0.222. The third-order valence-electron chi connectivity index (χ3n) is 3.97. The monoisotopic (exact) mass is 296 g/mol. The first-order valence-corrected chi connectivity index (χ1v) is 7.22. The van der Waals surface area contributed by atoms with Crippen LogP contribution in [0.3, 0.4) is 0 Å². The lowest BCUT2D eigenvalue weighted by molar-refractivity contribution is -0.146. The number of rotatable bonds is 3. The van der Waals surface area contributed by atoms with Gasteiger partial charge in [0.15, 0.2) is 5.78 Å². The SMILES string of the molecule is CCOC(=O)C1C(=O)c2ccccc2C1c1ccc(O)cc1. The molecular formula is C18H16O4. The molecule has 3 rings (SSSR count). The highest BCUT2D eigenvalue weighted by molar-refractivity contribution is 6.13. The lowest BCUT2D eigenvalue weighted by Crippen LogP contribution is -2.26. The van der Waals surface area contributed by atoms with Gasteiger partial charge >= 0.3 is 5.97 Å². The Morgan fingerprint density at radius 2 is 1.82 bits per heavy atom. The summed E-state index contributed by atoms with van der Waals surface area (Å²) in [4.78, 5) is 24.9. The Hall–Kier alpha value is -2.62. The van der Waals surface area contributed by atoms with Crippen molar-refractivity contribution in [2.24, 2.45) is 5.92 Å². The molecule has 4 nitrogen and oxygen atoms in total. The van der Waals surface area contributed by atoms with Gasteiger partial charge in [0.05, 0.1) is 6.61 Å². The zero-order chi connectivity index (χ0) is 15.7. The Morgan fingerprint density at radius 1 is 1.14 bits per heavy atom. The summed E-state index contributed by atoms with van der Waals surface area (Å²) in [6, 6.07) is 13.8. The van der Waals surface area contributed by atoms with Crippen LogP contribution >= 0.6 is 0 Å². The first kappa shape index (κ1) is 14.3. The van der Waals surface area contributed by atoms with Crippen molar-refractivity contribution in [1.82, 2.24) is 0 Å². The number of hydrogen-bond donors (Lipinski definition) is 1. The highest BCUT2D eigenvalue weighted by Crippen LogP contribution is 2.43. The molecule has 0 spiro atoms. The predicted octanol–water partition coefficient (Wildman–Crippen LogP) is 2.90. The third kappa shape index (κ3) is 2.26. The van der Waals surface area contributed by atoms with Crippen molar-refractivity contribution in [1.29, 1.82) is 0 Å². The molecule has 2 aromatic rings. The lowest BCUT2D eigenvalue weighted by Gasteiger charge is -2.18. The van der Waals surface area contributed by atoms with E-state index in [0.717, 1.165) is 11.1 Å². The van der Waals surface area contributed by atoms with E-state index in [0.29, 0.717) is 5.56 Å². The van der Waals surface area contributed by atoms with Crippen molar-refractivity contribution in [3.8, 4) is 5.75 Å². The van der Waals surface area contributed by atoms with Crippen LogP contribution in [0.1, 0.15) is 34.3 Å². The van der Waals surface area contributed by atoms with Gasteiger partial charge in [0, 0.05) is 11.5 Å². The molecule has 1 aliphatic carbocycles. The number of hydrogen-bond acceptors (Lipinski definition) is 4. The molecule has 4 heteroatoms. The van der Waals surface area contributed by atoms with Crippen LogP contribution in [-0.2, 0) is 9.53 Å². The standard InChI is InChI=1S/C18H16O4/c1-2-22-18(21)16-15(11-7-9-12(19)10-8-11)13-5-3-4-6-14(13)17(16)20/h3-10,15-16,19H,2H2,1H3. The number of ketones is 1. The second-order valence-corrected chi connectivity index (χ2v) is 5.25. The van der Waals surface area contributed by atoms with Gasteiger partial charge in [-0.3, -0.25) is 9.59 Å². The fourth-order valence-corrected chi connectivity index (χ4v) is 3.02. The number of esters is 1. The maximum atomic E-state index is 12.6. The Labute approximate surface area is 128 Å². The molecule has 0 bridgehead atoms. The zero-order valence-corrected chi connectivity index (χ0v) is 12.2. The molecule has 0 amide bonds. The molecule has 0 saturated heterocycles. The Balaban J connectivity index is 2.11. The van der Waals surface area contributed by atoms with Crippen molar-refractivity contribution >= 4 is 11.8 Å². The Kier molecular flexibility index (Phi) is 3.67. The van der Waals surface area contributed by atoms with Gasteiger partial charge in [-0.25, -0.2) is 0 Å². The van der Waals surface area contributed by atoms with Gasteiger partial charge in [-0.15, -0.1) is 0 Å².